The largest absolute Gasteiger partial charge is 0.756 e. The highest BCUT2D eigenvalue weighted by Gasteiger charge is 2.47. The van der Waals surface area contributed by atoms with Crippen LogP contribution in [0.5, 0.6) is 0 Å². The van der Waals surface area contributed by atoms with Gasteiger partial charge in [0.15, 0.2) is 12.6 Å². The van der Waals surface area contributed by atoms with Gasteiger partial charge in [-0.1, -0.05) is 12.8 Å². The zero-order valence-electron chi connectivity index (χ0n) is 46.7. The van der Waals surface area contributed by atoms with E-state index < -0.39 is 145 Å². The SMILES string of the molecule is COP(=O)([O-])OC[C@@H]1C[C@@H](OP(=O)([O-])OC[C@@H]2C[C@@H](O)CN2C(=O)CCCCCNC(=O)CCCCOC2OC(CO)C(O)C(O)C2NC(C)=O)CN1C(=O)CCCCCNC(=O)CCCCOC1OC(CO)C(O)C(O)C1NC(C)=O. The number of carbonyl (C=O) groups is 6. The van der Waals surface area contributed by atoms with Gasteiger partial charge < -0.3 is 114 Å². The molecule has 11 N–H and O–H groups in total. The molecule has 4 saturated heterocycles. The van der Waals surface area contributed by atoms with Crippen molar-refractivity contribution in [3.05, 3.63) is 0 Å². The second kappa shape index (κ2) is 35.9. The van der Waals surface area contributed by atoms with E-state index in [4.69, 9.17) is 32.5 Å². The fraction of sp³-hybridized carbons (Fsp3) is 0.878. The van der Waals surface area contributed by atoms with Gasteiger partial charge in [0.25, 0.3) is 15.6 Å². The number of aliphatic hydroxyl groups excluding tert-OH is 7. The molecule has 0 aliphatic carbocycles. The first-order chi connectivity index (χ1) is 38.9. The quantitative estimate of drug-likeness (QED) is 0.0210. The highest BCUT2D eigenvalue weighted by atomic mass is 31.2. The number of likely N-dealkylation sites (tertiary alicyclic amines) is 2. The van der Waals surface area contributed by atoms with Crippen LogP contribution in [0.1, 0.15) is 117 Å². The van der Waals surface area contributed by atoms with Gasteiger partial charge in [-0.2, -0.15) is 0 Å². The maximum atomic E-state index is 13.4. The van der Waals surface area contributed by atoms with Gasteiger partial charge in [0, 0.05) is 86.0 Å². The molecule has 16 atom stereocenters. The number of aliphatic hydroxyl groups is 7. The van der Waals surface area contributed by atoms with E-state index in [9.17, 15) is 83.4 Å². The molecule has 0 radical (unpaired) electrons. The monoisotopic (exact) mass is 1220 g/mol. The average molecular weight is 1220 g/mol. The third-order valence-electron chi connectivity index (χ3n) is 14.2. The molecule has 0 saturated carbocycles. The number of ether oxygens (including phenoxy) is 4. The van der Waals surface area contributed by atoms with E-state index in [-0.39, 0.29) is 82.5 Å². The molecule has 33 heteroatoms. The maximum absolute atomic E-state index is 13.4. The third-order valence-corrected chi connectivity index (χ3v) is 16.1. The zero-order valence-corrected chi connectivity index (χ0v) is 48.5. The summed E-state index contributed by atoms with van der Waals surface area (Å²) in [5, 5.41) is 81.0. The first-order valence-corrected chi connectivity index (χ1v) is 30.8. The topological polar surface area (TPSA) is 453 Å². The first kappa shape index (κ1) is 71.1. The molecule has 0 aromatic carbocycles. The molecule has 4 rings (SSSR count). The van der Waals surface area contributed by atoms with Gasteiger partial charge in [-0.05, 0) is 64.2 Å². The molecule has 31 nitrogen and oxygen atoms in total. The molecule has 4 heterocycles. The van der Waals surface area contributed by atoms with Crippen LogP contribution < -0.4 is 31.1 Å². The van der Waals surface area contributed by atoms with Gasteiger partial charge in [0.1, 0.15) is 48.7 Å². The van der Waals surface area contributed by atoms with Crippen molar-refractivity contribution in [3.63, 3.8) is 0 Å². The molecular weight excluding hydrogens is 1130 g/mol. The summed E-state index contributed by atoms with van der Waals surface area (Å²) in [6.07, 6.45) is -7.44. The Balaban J connectivity index is 1.10. The van der Waals surface area contributed by atoms with Crippen molar-refractivity contribution in [2.24, 2.45) is 0 Å². The van der Waals surface area contributed by atoms with Gasteiger partial charge in [-0.3, -0.25) is 37.9 Å². The maximum Gasteiger partial charge on any atom is 0.268 e. The number of nitrogens with zero attached hydrogens (tertiary/aromatic N) is 2. The fourth-order valence-electron chi connectivity index (χ4n) is 9.86. The van der Waals surface area contributed by atoms with Crippen molar-refractivity contribution < 1.29 is 120 Å². The molecule has 4 fully saturated rings. The predicted molar refractivity (Wildman–Crippen MR) is 279 cm³/mol. The van der Waals surface area contributed by atoms with E-state index in [0.29, 0.717) is 77.3 Å². The number of amides is 6. The van der Waals surface area contributed by atoms with Crippen LogP contribution >= 0.6 is 15.6 Å². The van der Waals surface area contributed by atoms with E-state index >= 15 is 0 Å². The highest BCUT2D eigenvalue weighted by molar-refractivity contribution is 7.46. The molecule has 0 aromatic heterocycles. The van der Waals surface area contributed by atoms with Crippen LogP contribution in [0.15, 0.2) is 0 Å². The van der Waals surface area contributed by atoms with Crippen LogP contribution in [-0.2, 0) is 74.9 Å². The number of nitrogens with one attached hydrogen (secondary N) is 4. The number of carbonyl (C=O) groups excluding carboxylic acids is 6. The lowest BCUT2D eigenvalue weighted by Gasteiger charge is -2.42. The van der Waals surface area contributed by atoms with Crippen molar-refractivity contribution in [2.45, 2.75) is 202 Å². The van der Waals surface area contributed by atoms with E-state index in [1.807, 2.05) is 0 Å². The Bertz CT molecular complexity index is 2110. The van der Waals surface area contributed by atoms with Crippen LogP contribution in [0, 0.1) is 0 Å². The van der Waals surface area contributed by atoms with Crippen LogP contribution in [0.25, 0.3) is 0 Å². The van der Waals surface area contributed by atoms with E-state index in [1.54, 1.807) is 0 Å². The van der Waals surface area contributed by atoms with Gasteiger partial charge >= 0.3 is 0 Å². The number of rotatable bonds is 37. The summed E-state index contributed by atoms with van der Waals surface area (Å²) in [5.41, 5.74) is 0. The van der Waals surface area contributed by atoms with E-state index in [2.05, 4.69) is 25.8 Å². The Kier molecular flexibility index (Phi) is 31.1. The molecule has 12 unspecified atom stereocenters. The molecule has 0 aromatic rings. The normalized spacial score (nSPS) is 29.9. The Labute approximate surface area is 476 Å². The number of hydrogen-bond acceptors (Lipinski definition) is 25. The second-order valence-corrected chi connectivity index (χ2v) is 23.6. The molecule has 0 spiro atoms. The highest BCUT2D eigenvalue weighted by Crippen LogP contribution is 2.44. The minimum Gasteiger partial charge on any atom is -0.756 e. The van der Waals surface area contributed by atoms with Gasteiger partial charge in [-0.25, -0.2) is 0 Å². The van der Waals surface area contributed by atoms with Crippen LogP contribution in [-0.4, -0.2) is 239 Å². The number of unbranched alkanes of at least 4 members (excludes halogenated alkanes) is 6. The summed E-state index contributed by atoms with van der Waals surface area (Å²) in [6, 6.07) is -3.89. The summed E-state index contributed by atoms with van der Waals surface area (Å²) in [6.45, 7) is 0.753. The predicted octanol–water partition coefficient (Wildman–Crippen LogP) is -3.83. The number of phosphoric ester groups is 2. The fourth-order valence-corrected chi connectivity index (χ4v) is 11.3. The van der Waals surface area contributed by atoms with Crippen molar-refractivity contribution in [3.8, 4) is 0 Å². The summed E-state index contributed by atoms with van der Waals surface area (Å²) in [7, 11) is -8.95. The lowest BCUT2D eigenvalue weighted by molar-refractivity contribution is -0.270. The number of hydrogen-bond donors (Lipinski definition) is 11. The van der Waals surface area contributed by atoms with Gasteiger partial charge in [0.05, 0.1) is 50.7 Å². The lowest BCUT2D eigenvalue weighted by atomic mass is 9.97. The molecule has 6 amide bonds. The minimum absolute atomic E-state index is 0.00760. The second-order valence-electron chi connectivity index (χ2n) is 20.8. The summed E-state index contributed by atoms with van der Waals surface area (Å²) in [5.74, 6) is -2.19. The third kappa shape index (κ3) is 24.2. The van der Waals surface area contributed by atoms with Crippen molar-refractivity contribution >= 4 is 51.1 Å². The van der Waals surface area contributed by atoms with Crippen molar-refractivity contribution in [1.82, 2.24) is 31.1 Å². The van der Waals surface area contributed by atoms with Crippen molar-refractivity contribution in [2.75, 3.05) is 72.9 Å². The Morgan fingerprint density at radius 1 is 0.573 bits per heavy atom. The van der Waals surface area contributed by atoms with Crippen LogP contribution in [0.3, 0.4) is 0 Å². The first-order valence-electron chi connectivity index (χ1n) is 27.9. The molecular formula is C49H86N6O25P2-2. The average Bonchev–Trinajstić information content (AvgIpc) is 4.13. The Morgan fingerprint density at radius 3 is 1.44 bits per heavy atom. The van der Waals surface area contributed by atoms with Crippen molar-refractivity contribution in [1.29, 1.82) is 0 Å². The Hall–Kier alpha value is -3.40. The van der Waals surface area contributed by atoms with Crippen LogP contribution in [0.4, 0.5) is 0 Å². The molecule has 474 valence electrons. The number of phosphoric acid groups is 2. The molecule has 0 bridgehead atoms. The molecule has 82 heavy (non-hydrogen) atoms. The van der Waals surface area contributed by atoms with E-state index in [1.165, 1.54) is 23.6 Å². The molecule has 4 aliphatic rings. The van der Waals surface area contributed by atoms with Gasteiger partial charge in [-0.15, -0.1) is 0 Å². The summed E-state index contributed by atoms with van der Waals surface area (Å²) < 4.78 is 67.4. The standard InChI is InChI=1S/C49H88N6O25P2/c1-30(58)52-42-46(67)44(65)36(26-56)78-48(42)74-20-12-8-14-38(61)50-18-10-4-6-16-40(63)54-24-34(60)22-32(54)28-77-82(71,72)80-35-23-33(29-76-81(69,70)73-3)55(25-35)41(64)17-7-5-11-19-51-39(62)15-9-13-21-75-49-43(53-31(2)59)47(68)45(66)37(27-57)79-49/h32-37,42-49,56-57,60,65-68H,4-29H2,1-3H3,(H,50,61)(H,51,62)(H,52,58)(H,53,59)(H,69,70)(H,71,72)/p-2/t32-,33-,34+,35+,36?,37?,42?,43?,44?,45?,46?,47?,48?,49?/m0/s1. The van der Waals surface area contributed by atoms with E-state index in [0.717, 1.165) is 7.11 Å². The summed E-state index contributed by atoms with van der Waals surface area (Å²) in [4.78, 5) is 103. The lowest BCUT2D eigenvalue weighted by Crippen LogP contribution is -2.64. The minimum atomic E-state index is -5.11. The van der Waals surface area contributed by atoms with Gasteiger partial charge in [0.2, 0.25) is 35.4 Å². The Morgan fingerprint density at radius 2 is 1.00 bits per heavy atom. The smallest absolute Gasteiger partial charge is 0.268 e. The zero-order chi connectivity index (χ0) is 60.6. The molecule has 4 aliphatic heterocycles. The van der Waals surface area contributed by atoms with Crippen LogP contribution in [0.2, 0.25) is 0 Å². The number of β-amino-alcohol motifs (C(OH)–C–C–N with tert-alkyl or cyclic N) is 1. The summed E-state index contributed by atoms with van der Waals surface area (Å²) >= 11 is 0.